The summed E-state index contributed by atoms with van der Waals surface area (Å²) < 4.78 is 36.7. The first kappa shape index (κ1) is 18.0. The summed E-state index contributed by atoms with van der Waals surface area (Å²) in [6.45, 7) is 2.47. The highest BCUT2D eigenvalue weighted by molar-refractivity contribution is 5.96. The number of halogens is 3. The first-order chi connectivity index (χ1) is 11.3. The maximum absolute atomic E-state index is 12.3. The van der Waals surface area contributed by atoms with E-state index in [1.54, 1.807) is 12.1 Å². The van der Waals surface area contributed by atoms with Gasteiger partial charge in [0.15, 0.2) is 0 Å². The third-order valence-corrected chi connectivity index (χ3v) is 3.92. The van der Waals surface area contributed by atoms with Gasteiger partial charge in [-0.2, -0.15) is 13.2 Å². The van der Waals surface area contributed by atoms with Crippen LogP contribution in [0.15, 0.2) is 36.5 Å². The van der Waals surface area contributed by atoms with Gasteiger partial charge in [0, 0.05) is 24.5 Å². The number of hydrogen-bond acceptors (Lipinski definition) is 3. The van der Waals surface area contributed by atoms with Crippen LogP contribution in [-0.2, 0) is 16.0 Å². The van der Waals surface area contributed by atoms with Gasteiger partial charge in [-0.3, -0.25) is 9.59 Å². The van der Waals surface area contributed by atoms with Gasteiger partial charge in [-0.25, -0.2) is 0 Å². The second-order valence-electron chi connectivity index (χ2n) is 5.61. The molecule has 130 valence electrons. The van der Waals surface area contributed by atoms with Crippen LogP contribution < -0.4 is 5.32 Å². The van der Waals surface area contributed by atoms with Gasteiger partial charge in [0.2, 0.25) is 5.91 Å². The number of nitrogens with zero attached hydrogens (tertiary/aromatic N) is 1. The molecule has 0 bridgehead atoms. The molecular weight excluding hydrogens is 321 g/mol. The van der Waals surface area contributed by atoms with Gasteiger partial charge in [-0.05, 0) is 37.0 Å². The Labute approximate surface area is 138 Å². The molecule has 1 unspecified atom stereocenters. The van der Waals surface area contributed by atoms with Crippen LogP contribution in [0.4, 0.5) is 18.9 Å². The van der Waals surface area contributed by atoms with Crippen LogP contribution in [0.2, 0.25) is 0 Å². The lowest BCUT2D eigenvalue weighted by atomic mass is 10.1. The van der Waals surface area contributed by atoms with E-state index in [4.69, 9.17) is 0 Å². The molecule has 1 aliphatic heterocycles. The SMILES string of the molecule is CCc1ccc(NC(=O)C2CCCN2/C=C/C(=O)C(F)(F)F)cc1. The molecule has 4 nitrogen and oxygen atoms in total. The summed E-state index contributed by atoms with van der Waals surface area (Å²) in [6, 6.07) is 6.82. The van der Waals surface area contributed by atoms with Crippen LogP contribution in [0, 0.1) is 0 Å². The monoisotopic (exact) mass is 340 g/mol. The molecule has 1 heterocycles. The number of carbonyl (C=O) groups excluding carboxylic acids is 2. The average Bonchev–Trinajstić information content (AvgIpc) is 3.01. The number of alkyl halides is 3. The summed E-state index contributed by atoms with van der Waals surface area (Å²) in [4.78, 5) is 24.7. The Morgan fingerprint density at radius 2 is 1.96 bits per heavy atom. The molecule has 7 heteroatoms. The molecule has 0 spiro atoms. The van der Waals surface area contributed by atoms with Crippen molar-refractivity contribution in [2.45, 2.75) is 38.4 Å². The summed E-state index contributed by atoms with van der Waals surface area (Å²) >= 11 is 0. The second kappa shape index (κ2) is 7.51. The molecule has 0 saturated carbocycles. The number of aryl methyl sites for hydroxylation is 1. The number of benzene rings is 1. The van der Waals surface area contributed by atoms with Crippen LogP contribution >= 0.6 is 0 Å². The molecule has 0 aromatic heterocycles. The Balaban J connectivity index is 1.99. The molecule has 24 heavy (non-hydrogen) atoms. The fraction of sp³-hybridized carbons (Fsp3) is 0.412. The fourth-order valence-corrected chi connectivity index (χ4v) is 2.56. The predicted molar refractivity (Wildman–Crippen MR) is 84.4 cm³/mol. The largest absolute Gasteiger partial charge is 0.454 e. The molecule has 0 aliphatic carbocycles. The molecule has 2 rings (SSSR count). The quantitative estimate of drug-likeness (QED) is 0.837. The van der Waals surface area contributed by atoms with Crippen molar-refractivity contribution in [1.29, 1.82) is 0 Å². The Bertz CT molecular complexity index is 624. The van der Waals surface area contributed by atoms with Crippen molar-refractivity contribution in [1.82, 2.24) is 4.90 Å². The van der Waals surface area contributed by atoms with Crippen molar-refractivity contribution in [3.63, 3.8) is 0 Å². The Morgan fingerprint density at radius 3 is 2.54 bits per heavy atom. The highest BCUT2D eigenvalue weighted by Gasteiger charge is 2.37. The number of carbonyl (C=O) groups is 2. The first-order valence-electron chi connectivity index (χ1n) is 7.76. The highest BCUT2D eigenvalue weighted by Crippen LogP contribution is 2.21. The van der Waals surface area contributed by atoms with Gasteiger partial charge in [-0.1, -0.05) is 19.1 Å². The van der Waals surface area contributed by atoms with Crippen molar-refractivity contribution < 1.29 is 22.8 Å². The number of hydrogen-bond donors (Lipinski definition) is 1. The zero-order valence-corrected chi connectivity index (χ0v) is 13.3. The molecule has 1 N–H and O–H groups in total. The van der Waals surface area contributed by atoms with Gasteiger partial charge in [0.1, 0.15) is 6.04 Å². The normalized spacial score (nSPS) is 18.2. The molecule has 1 aromatic carbocycles. The van der Waals surface area contributed by atoms with E-state index in [1.165, 1.54) is 4.90 Å². The van der Waals surface area contributed by atoms with Gasteiger partial charge < -0.3 is 10.2 Å². The van der Waals surface area contributed by atoms with Gasteiger partial charge in [-0.15, -0.1) is 0 Å². The van der Waals surface area contributed by atoms with Crippen LogP contribution in [0.1, 0.15) is 25.3 Å². The van der Waals surface area contributed by atoms with E-state index in [2.05, 4.69) is 5.32 Å². The number of rotatable bonds is 5. The summed E-state index contributed by atoms with van der Waals surface area (Å²) in [5, 5.41) is 2.76. The van der Waals surface area contributed by atoms with Crippen LogP contribution in [0.25, 0.3) is 0 Å². The third-order valence-electron chi connectivity index (χ3n) is 3.92. The third kappa shape index (κ3) is 4.59. The van der Waals surface area contributed by atoms with Crippen LogP contribution in [0.3, 0.4) is 0 Å². The maximum Gasteiger partial charge on any atom is 0.454 e. The molecule has 1 fully saturated rings. The molecule has 1 saturated heterocycles. The van der Waals surface area contributed by atoms with Gasteiger partial charge in [0.05, 0.1) is 0 Å². The molecule has 1 atom stereocenters. The smallest absolute Gasteiger partial charge is 0.365 e. The molecular formula is C17H19F3N2O2. The average molecular weight is 340 g/mol. The lowest BCUT2D eigenvalue weighted by molar-refractivity contribution is -0.165. The Morgan fingerprint density at radius 1 is 1.29 bits per heavy atom. The Hall–Kier alpha value is -2.31. The van der Waals surface area contributed by atoms with Crippen LogP contribution in [-0.4, -0.2) is 35.4 Å². The summed E-state index contributed by atoms with van der Waals surface area (Å²) in [7, 11) is 0. The summed E-state index contributed by atoms with van der Waals surface area (Å²) in [5.41, 5.74) is 1.78. The van der Waals surface area contributed by atoms with Crippen molar-refractivity contribution in [2.24, 2.45) is 0 Å². The zero-order valence-electron chi connectivity index (χ0n) is 13.3. The van der Waals surface area contributed by atoms with Crippen molar-refractivity contribution in [3.05, 3.63) is 42.1 Å². The van der Waals surface area contributed by atoms with E-state index >= 15 is 0 Å². The number of likely N-dealkylation sites (tertiary alicyclic amines) is 1. The van der Waals surface area contributed by atoms with Gasteiger partial charge >= 0.3 is 6.18 Å². The fourth-order valence-electron chi connectivity index (χ4n) is 2.56. The first-order valence-corrected chi connectivity index (χ1v) is 7.76. The van der Waals surface area contributed by atoms with E-state index in [0.29, 0.717) is 31.1 Å². The number of nitrogens with one attached hydrogen (secondary N) is 1. The van der Waals surface area contributed by atoms with Crippen LogP contribution in [0.5, 0.6) is 0 Å². The topological polar surface area (TPSA) is 49.4 Å². The van der Waals surface area contributed by atoms with E-state index < -0.39 is 18.0 Å². The lowest BCUT2D eigenvalue weighted by Crippen LogP contribution is -2.36. The molecule has 1 amide bonds. The zero-order chi connectivity index (χ0) is 17.7. The van der Waals surface area contributed by atoms with E-state index in [1.807, 2.05) is 19.1 Å². The number of anilines is 1. The van der Waals surface area contributed by atoms with Crippen molar-refractivity contribution >= 4 is 17.4 Å². The highest BCUT2D eigenvalue weighted by atomic mass is 19.4. The maximum atomic E-state index is 12.3. The lowest BCUT2D eigenvalue weighted by Gasteiger charge is -2.22. The van der Waals surface area contributed by atoms with Crippen molar-refractivity contribution in [2.75, 3.05) is 11.9 Å². The molecule has 1 aliphatic rings. The summed E-state index contributed by atoms with van der Waals surface area (Å²) in [6.07, 6.45) is -1.26. The Kier molecular flexibility index (Phi) is 5.64. The minimum atomic E-state index is -4.89. The van der Waals surface area contributed by atoms with E-state index in [0.717, 1.165) is 18.2 Å². The number of amides is 1. The predicted octanol–water partition coefficient (Wildman–Crippen LogP) is 3.30. The second-order valence-corrected chi connectivity index (χ2v) is 5.61. The minimum Gasteiger partial charge on any atom is -0.365 e. The number of allylic oxidation sites excluding steroid dienone is 1. The van der Waals surface area contributed by atoms with E-state index in [9.17, 15) is 22.8 Å². The summed E-state index contributed by atoms with van der Waals surface area (Å²) in [5.74, 6) is -2.22. The standard InChI is InChI=1S/C17H19F3N2O2/c1-2-12-5-7-13(8-6-12)21-16(24)14-4-3-10-22(14)11-9-15(23)17(18,19)20/h5-9,11,14H,2-4,10H2,1H3,(H,21,24)/b11-9+. The van der Waals surface area contributed by atoms with Crippen molar-refractivity contribution in [3.8, 4) is 0 Å². The minimum absolute atomic E-state index is 0.291. The molecule has 0 radical (unpaired) electrons. The number of ketones is 1. The van der Waals surface area contributed by atoms with Gasteiger partial charge in [0.25, 0.3) is 5.78 Å². The molecule has 1 aromatic rings. The van der Waals surface area contributed by atoms with E-state index in [-0.39, 0.29) is 5.91 Å².